The summed E-state index contributed by atoms with van der Waals surface area (Å²) in [4.78, 5) is 2.36. The van der Waals surface area contributed by atoms with Gasteiger partial charge in [0.2, 0.25) is 0 Å². The molecule has 0 spiro atoms. The van der Waals surface area contributed by atoms with E-state index in [4.69, 9.17) is 11.6 Å². The van der Waals surface area contributed by atoms with Crippen molar-refractivity contribution in [2.75, 3.05) is 20.1 Å². The zero-order chi connectivity index (χ0) is 14.3. The molecule has 0 radical (unpaired) electrons. The summed E-state index contributed by atoms with van der Waals surface area (Å²) in [5.41, 5.74) is 1.27. The van der Waals surface area contributed by atoms with Crippen LogP contribution in [0, 0.1) is 0 Å². The molecule has 0 saturated carbocycles. The predicted molar refractivity (Wildman–Crippen MR) is 84.9 cm³/mol. The van der Waals surface area contributed by atoms with Crippen LogP contribution in [0.2, 0.25) is 5.02 Å². The summed E-state index contributed by atoms with van der Waals surface area (Å²) in [7, 11) is 2.16. The summed E-state index contributed by atoms with van der Waals surface area (Å²) in [6, 6.07) is 9.13. The van der Waals surface area contributed by atoms with Gasteiger partial charge in [-0.2, -0.15) is 0 Å². The molecular formula is C16H27ClN2. The molecular weight excluding hydrogens is 256 g/mol. The van der Waals surface area contributed by atoms with Gasteiger partial charge in [-0.1, -0.05) is 37.1 Å². The summed E-state index contributed by atoms with van der Waals surface area (Å²) in [6.07, 6.45) is 2.48. The summed E-state index contributed by atoms with van der Waals surface area (Å²) in [5.74, 6) is 0. The van der Waals surface area contributed by atoms with Crippen LogP contribution in [0.1, 0.15) is 45.2 Å². The number of hydrogen-bond donors (Lipinski definition) is 1. The smallest absolute Gasteiger partial charge is 0.0409 e. The normalized spacial score (nSPS) is 14.6. The third kappa shape index (κ3) is 5.94. The molecule has 1 aromatic carbocycles. The Bertz CT molecular complexity index is 368. The van der Waals surface area contributed by atoms with E-state index in [9.17, 15) is 0 Å². The highest BCUT2D eigenvalue weighted by Gasteiger charge is 2.11. The molecule has 2 nitrogen and oxygen atoms in total. The van der Waals surface area contributed by atoms with Crippen LogP contribution in [-0.2, 0) is 0 Å². The molecule has 19 heavy (non-hydrogen) atoms. The summed E-state index contributed by atoms with van der Waals surface area (Å²) < 4.78 is 0. The molecule has 1 rings (SSSR count). The van der Waals surface area contributed by atoms with Crippen molar-refractivity contribution < 1.29 is 0 Å². The first kappa shape index (κ1) is 16.5. The molecule has 108 valence electrons. The van der Waals surface area contributed by atoms with Gasteiger partial charge in [-0.25, -0.2) is 0 Å². The van der Waals surface area contributed by atoms with Crippen molar-refractivity contribution in [2.24, 2.45) is 0 Å². The van der Waals surface area contributed by atoms with Crippen LogP contribution < -0.4 is 5.32 Å². The molecule has 0 aliphatic heterocycles. The average molecular weight is 283 g/mol. The van der Waals surface area contributed by atoms with Gasteiger partial charge in [-0.05, 0) is 45.0 Å². The van der Waals surface area contributed by atoms with Crippen molar-refractivity contribution in [1.82, 2.24) is 10.2 Å². The highest BCUT2D eigenvalue weighted by molar-refractivity contribution is 6.30. The van der Waals surface area contributed by atoms with E-state index in [2.05, 4.69) is 50.2 Å². The van der Waals surface area contributed by atoms with Crippen molar-refractivity contribution in [3.05, 3.63) is 34.9 Å². The SMILES string of the molecule is CCCC(C)NCCN(C)C(C)c1cccc(Cl)c1. The fourth-order valence-corrected chi connectivity index (χ4v) is 2.44. The summed E-state index contributed by atoms with van der Waals surface area (Å²) >= 11 is 6.04. The minimum Gasteiger partial charge on any atom is -0.313 e. The van der Waals surface area contributed by atoms with Crippen molar-refractivity contribution in [1.29, 1.82) is 0 Å². The number of nitrogens with one attached hydrogen (secondary N) is 1. The van der Waals surface area contributed by atoms with E-state index in [1.54, 1.807) is 0 Å². The van der Waals surface area contributed by atoms with Crippen LogP contribution in [0.5, 0.6) is 0 Å². The van der Waals surface area contributed by atoms with Gasteiger partial charge in [0, 0.05) is 30.2 Å². The third-order valence-corrected chi connectivity index (χ3v) is 3.91. The zero-order valence-corrected chi connectivity index (χ0v) is 13.4. The lowest BCUT2D eigenvalue weighted by molar-refractivity contribution is 0.257. The highest BCUT2D eigenvalue weighted by atomic mass is 35.5. The first-order valence-electron chi connectivity index (χ1n) is 7.23. The maximum atomic E-state index is 6.04. The molecule has 0 aliphatic carbocycles. The average Bonchev–Trinajstić information content (AvgIpc) is 2.38. The molecule has 0 bridgehead atoms. The first-order chi connectivity index (χ1) is 9.04. The van der Waals surface area contributed by atoms with E-state index in [-0.39, 0.29) is 0 Å². The van der Waals surface area contributed by atoms with Crippen LogP contribution in [0.4, 0.5) is 0 Å². The lowest BCUT2D eigenvalue weighted by Gasteiger charge is -2.26. The topological polar surface area (TPSA) is 15.3 Å². The van der Waals surface area contributed by atoms with E-state index >= 15 is 0 Å². The van der Waals surface area contributed by atoms with Gasteiger partial charge in [-0.15, -0.1) is 0 Å². The largest absolute Gasteiger partial charge is 0.313 e. The van der Waals surface area contributed by atoms with Crippen molar-refractivity contribution in [3.63, 3.8) is 0 Å². The Balaban J connectivity index is 2.38. The Morgan fingerprint density at radius 1 is 1.32 bits per heavy atom. The fraction of sp³-hybridized carbons (Fsp3) is 0.625. The molecule has 0 fully saturated rings. The Morgan fingerprint density at radius 2 is 2.05 bits per heavy atom. The lowest BCUT2D eigenvalue weighted by Crippen LogP contribution is -2.35. The number of likely N-dealkylation sites (N-methyl/N-ethyl adjacent to an activating group) is 1. The highest BCUT2D eigenvalue weighted by Crippen LogP contribution is 2.21. The molecule has 0 aromatic heterocycles. The van der Waals surface area contributed by atoms with Crippen LogP contribution in [0.15, 0.2) is 24.3 Å². The van der Waals surface area contributed by atoms with Crippen LogP contribution >= 0.6 is 11.6 Å². The van der Waals surface area contributed by atoms with Gasteiger partial charge in [0.1, 0.15) is 0 Å². The van der Waals surface area contributed by atoms with Gasteiger partial charge >= 0.3 is 0 Å². The summed E-state index contributed by atoms with van der Waals surface area (Å²) in [6.45, 7) is 8.78. The maximum Gasteiger partial charge on any atom is 0.0409 e. The van der Waals surface area contributed by atoms with E-state index in [0.717, 1.165) is 18.1 Å². The van der Waals surface area contributed by atoms with Gasteiger partial charge in [0.15, 0.2) is 0 Å². The number of rotatable bonds is 8. The standard InChI is InChI=1S/C16H27ClN2/c1-5-7-13(2)18-10-11-19(4)14(3)15-8-6-9-16(17)12-15/h6,8-9,12-14,18H,5,7,10-11H2,1-4H3. The quantitative estimate of drug-likeness (QED) is 0.772. The van der Waals surface area contributed by atoms with E-state index in [0.29, 0.717) is 12.1 Å². The van der Waals surface area contributed by atoms with Crippen LogP contribution in [0.3, 0.4) is 0 Å². The molecule has 2 atom stereocenters. The van der Waals surface area contributed by atoms with Gasteiger partial charge in [-0.3, -0.25) is 4.90 Å². The third-order valence-electron chi connectivity index (χ3n) is 3.67. The Labute approximate surface area is 123 Å². The van der Waals surface area contributed by atoms with Crippen molar-refractivity contribution in [2.45, 2.75) is 45.7 Å². The molecule has 0 amide bonds. The molecule has 3 heteroatoms. The Kier molecular flexibility index (Phi) is 7.44. The molecule has 0 saturated heterocycles. The second-order valence-corrected chi connectivity index (χ2v) is 5.79. The molecule has 2 unspecified atom stereocenters. The number of benzene rings is 1. The summed E-state index contributed by atoms with van der Waals surface area (Å²) in [5, 5.41) is 4.38. The lowest BCUT2D eigenvalue weighted by atomic mass is 10.1. The number of nitrogens with zero attached hydrogens (tertiary/aromatic N) is 1. The van der Waals surface area contributed by atoms with Crippen LogP contribution in [0.25, 0.3) is 0 Å². The molecule has 0 heterocycles. The van der Waals surface area contributed by atoms with E-state index < -0.39 is 0 Å². The Morgan fingerprint density at radius 3 is 2.68 bits per heavy atom. The second-order valence-electron chi connectivity index (χ2n) is 5.36. The number of hydrogen-bond acceptors (Lipinski definition) is 2. The minimum atomic E-state index is 0.391. The first-order valence-corrected chi connectivity index (χ1v) is 7.61. The second kappa shape index (κ2) is 8.57. The number of halogens is 1. The van der Waals surface area contributed by atoms with Gasteiger partial charge in [0.25, 0.3) is 0 Å². The van der Waals surface area contributed by atoms with Crippen molar-refractivity contribution >= 4 is 11.6 Å². The van der Waals surface area contributed by atoms with E-state index in [1.165, 1.54) is 18.4 Å². The van der Waals surface area contributed by atoms with Gasteiger partial charge < -0.3 is 5.32 Å². The molecule has 0 aliphatic rings. The molecule has 1 N–H and O–H groups in total. The monoisotopic (exact) mass is 282 g/mol. The van der Waals surface area contributed by atoms with Gasteiger partial charge in [0.05, 0.1) is 0 Å². The van der Waals surface area contributed by atoms with Crippen LogP contribution in [-0.4, -0.2) is 31.1 Å². The maximum absolute atomic E-state index is 6.04. The Hall–Kier alpha value is -0.570. The minimum absolute atomic E-state index is 0.391. The van der Waals surface area contributed by atoms with Crippen molar-refractivity contribution in [3.8, 4) is 0 Å². The molecule has 1 aromatic rings. The predicted octanol–water partition coefficient (Wildman–Crippen LogP) is 4.11. The fourth-order valence-electron chi connectivity index (χ4n) is 2.24. The zero-order valence-electron chi connectivity index (χ0n) is 12.6. The van der Waals surface area contributed by atoms with E-state index in [1.807, 2.05) is 12.1 Å².